The minimum absolute atomic E-state index is 0.0605. The molecule has 0 bridgehead atoms. The van der Waals surface area contributed by atoms with E-state index in [1.165, 1.54) is 4.90 Å². The van der Waals surface area contributed by atoms with Crippen molar-refractivity contribution in [2.24, 2.45) is 17.9 Å². The molecule has 3 N–H and O–H groups in total. The summed E-state index contributed by atoms with van der Waals surface area (Å²) in [5.41, 5.74) is 4.28. The zero-order chi connectivity index (χ0) is 34.9. The minimum atomic E-state index is -0.930. The number of hydroxylamine groups is 2. The standard InChI is InChI=1S/C33H50N8O5S/c1-22(42)16-41(19-28(44)34-15-24-10-12-25(13-11-24)29-23(2)35-21-47-29)31(45)30(32(3,4)5)36-27(43)14-33(6,7)20-46-40(9)18-26-17-39(8)38-37-26/h10-13,17,21-22,30,42H,14-16,18-20H2,1-9H3,(H,34,44)(H,36,43)/t22-,30?/m1/s1. The molecule has 1 unspecified atom stereocenters. The topological polar surface area (TPSA) is 155 Å². The van der Waals surface area contributed by atoms with E-state index in [4.69, 9.17) is 4.84 Å². The first kappa shape index (κ1) is 37.7. The highest BCUT2D eigenvalue weighted by atomic mass is 32.1. The van der Waals surface area contributed by atoms with E-state index in [1.807, 2.05) is 71.3 Å². The molecule has 14 heteroatoms. The van der Waals surface area contributed by atoms with E-state index in [2.05, 4.69) is 25.9 Å². The van der Waals surface area contributed by atoms with Crippen molar-refractivity contribution in [3.05, 3.63) is 52.9 Å². The average Bonchev–Trinajstić information content (AvgIpc) is 3.59. The first-order valence-electron chi connectivity index (χ1n) is 15.6. The van der Waals surface area contributed by atoms with E-state index in [9.17, 15) is 19.5 Å². The van der Waals surface area contributed by atoms with Crippen molar-refractivity contribution < 1.29 is 24.3 Å². The van der Waals surface area contributed by atoms with Gasteiger partial charge >= 0.3 is 0 Å². The second-order valence-corrected chi connectivity index (χ2v) is 14.8. The molecule has 13 nitrogen and oxygen atoms in total. The third-order valence-electron chi connectivity index (χ3n) is 7.35. The lowest BCUT2D eigenvalue weighted by Gasteiger charge is -2.36. The van der Waals surface area contributed by atoms with Gasteiger partial charge in [0.2, 0.25) is 17.7 Å². The third-order valence-corrected chi connectivity index (χ3v) is 8.33. The van der Waals surface area contributed by atoms with Gasteiger partial charge in [0.15, 0.2) is 0 Å². The van der Waals surface area contributed by atoms with Gasteiger partial charge in [0.1, 0.15) is 6.04 Å². The molecular formula is C33H50N8O5S. The van der Waals surface area contributed by atoms with Crippen LogP contribution in [0.15, 0.2) is 36.0 Å². The van der Waals surface area contributed by atoms with Crippen molar-refractivity contribution in [1.82, 2.24) is 40.6 Å². The van der Waals surface area contributed by atoms with Crippen LogP contribution in [0.5, 0.6) is 0 Å². The third kappa shape index (κ3) is 12.1. The van der Waals surface area contributed by atoms with E-state index >= 15 is 0 Å². The lowest BCUT2D eigenvalue weighted by Crippen LogP contribution is -2.57. The quantitative estimate of drug-likeness (QED) is 0.195. The molecule has 1 aromatic carbocycles. The highest BCUT2D eigenvalue weighted by Crippen LogP contribution is 2.27. The normalized spacial score (nSPS) is 13.3. The number of nitrogens with zero attached hydrogens (tertiary/aromatic N) is 6. The molecule has 3 aromatic rings. The van der Waals surface area contributed by atoms with Crippen LogP contribution in [0, 0.1) is 17.8 Å². The molecule has 3 amide bonds. The van der Waals surface area contributed by atoms with Gasteiger partial charge in [-0.3, -0.25) is 23.9 Å². The number of benzene rings is 1. The van der Waals surface area contributed by atoms with E-state index < -0.39 is 28.9 Å². The van der Waals surface area contributed by atoms with Crippen molar-refractivity contribution in [2.45, 2.75) is 80.1 Å². The molecule has 0 aliphatic carbocycles. The maximum Gasteiger partial charge on any atom is 0.246 e. The summed E-state index contributed by atoms with van der Waals surface area (Å²) in [7, 11) is 3.58. The number of thiazole rings is 1. The fraction of sp³-hybridized carbons (Fsp3) is 0.576. The number of amides is 3. The monoisotopic (exact) mass is 670 g/mol. The van der Waals surface area contributed by atoms with Crippen LogP contribution in [-0.4, -0.2) is 91.7 Å². The zero-order valence-corrected chi connectivity index (χ0v) is 29.8. The molecule has 47 heavy (non-hydrogen) atoms. The SMILES string of the molecule is Cc1ncsc1-c1ccc(CNC(=O)CN(C[C@@H](C)O)C(=O)C(NC(=O)CC(C)(C)CON(C)Cc2cn(C)nn2)C(C)(C)C)cc1. The first-order chi connectivity index (χ1) is 21.9. The number of hydrogen-bond donors (Lipinski definition) is 3. The summed E-state index contributed by atoms with van der Waals surface area (Å²) in [6, 6.07) is 6.95. The molecule has 258 valence electrons. The van der Waals surface area contributed by atoms with E-state index in [1.54, 1.807) is 48.3 Å². The molecule has 0 saturated heterocycles. The van der Waals surface area contributed by atoms with E-state index in [0.29, 0.717) is 6.54 Å². The van der Waals surface area contributed by atoms with E-state index in [-0.39, 0.29) is 44.5 Å². The van der Waals surface area contributed by atoms with Gasteiger partial charge in [0.25, 0.3) is 0 Å². The summed E-state index contributed by atoms with van der Waals surface area (Å²) in [4.78, 5) is 52.8. The predicted molar refractivity (Wildman–Crippen MR) is 181 cm³/mol. The molecule has 0 aliphatic heterocycles. The van der Waals surface area contributed by atoms with Crippen molar-refractivity contribution in [3.63, 3.8) is 0 Å². The Morgan fingerprint density at radius 2 is 1.79 bits per heavy atom. The van der Waals surface area contributed by atoms with Crippen LogP contribution in [0.1, 0.15) is 64.9 Å². The number of aliphatic hydroxyl groups excluding tert-OH is 1. The Kier molecular flexibility index (Phi) is 13.2. The molecule has 0 radical (unpaired) electrons. The van der Waals surface area contributed by atoms with Crippen molar-refractivity contribution >= 4 is 29.1 Å². The van der Waals surface area contributed by atoms with Gasteiger partial charge < -0.3 is 20.6 Å². The molecule has 2 heterocycles. The number of rotatable bonds is 16. The van der Waals surface area contributed by atoms with Crippen LogP contribution < -0.4 is 10.6 Å². The molecule has 0 spiro atoms. The second kappa shape index (κ2) is 16.4. The Morgan fingerprint density at radius 1 is 1.11 bits per heavy atom. The first-order valence-corrected chi connectivity index (χ1v) is 16.5. The fourth-order valence-electron chi connectivity index (χ4n) is 4.89. The summed E-state index contributed by atoms with van der Waals surface area (Å²) in [6.07, 6.45) is 1.03. The van der Waals surface area contributed by atoms with E-state index in [0.717, 1.165) is 27.4 Å². The zero-order valence-electron chi connectivity index (χ0n) is 29.0. The smallest absolute Gasteiger partial charge is 0.246 e. The molecule has 3 rings (SSSR count). The summed E-state index contributed by atoms with van der Waals surface area (Å²) < 4.78 is 1.62. The van der Waals surface area contributed by atoms with Gasteiger partial charge in [-0.25, -0.2) is 4.98 Å². The van der Waals surface area contributed by atoms with Gasteiger partial charge in [0.05, 0.1) is 47.6 Å². The van der Waals surface area contributed by atoms with Crippen molar-refractivity contribution in [1.29, 1.82) is 0 Å². The van der Waals surface area contributed by atoms with Crippen LogP contribution >= 0.6 is 11.3 Å². The van der Waals surface area contributed by atoms with Gasteiger partial charge in [0, 0.05) is 39.8 Å². The van der Waals surface area contributed by atoms with Crippen LogP contribution in [0.4, 0.5) is 0 Å². The molecular weight excluding hydrogens is 620 g/mol. The number of carbonyl (C=O) groups is 3. The number of hydrogen-bond acceptors (Lipinski definition) is 10. The summed E-state index contributed by atoms with van der Waals surface area (Å²) in [5, 5.41) is 25.6. The molecule has 0 fully saturated rings. The second-order valence-electron chi connectivity index (χ2n) is 14.0. The summed E-state index contributed by atoms with van der Waals surface area (Å²) >= 11 is 1.58. The maximum absolute atomic E-state index is 13.9. The van der Waals surface area contributed by atoms with Crippen LogP contribution in [-0.2, 0) is 39.4 Å². The number of aryl methyl sites for hydroxylation is 2. The van der Waals surface area contributed by atoms with Crippen molar-refractivity contribution in [3.8, 4) is 10.4 Å². The van der Waals surface area contributed by atoms with Crippen molar-refractivity contribution in [2.75, 3.05) is 26.7 Å². The van der Waals surface area contributed by atoms with Crippen LogP contribution in [0.3, 0.4) is 0 Å². The Morgan fingerprint density at radius 3 is 2.34 bits per heavy atom. The Balaban J connectivity index is 1.58. The summed E-state index contributed by atoms with van der Waals surface area (Å²) in [6.45, 7) is 13.5. The Bertz CT molecular complexity index is 1480. The van der Waals surface area contributed by atoms with Crippen LogP contribution in [0.2, 0.25) is 0 Å². The average molecular weight is 671 g/mol. The van der Waals surface area contributed by atoms with Gasteiger partial charge in [-0.15, -0.1) is 16.4 Å². The number of aliphatic hydroxyl groups is 1. The van der Waals surface area contributed by atoms with Gasteiger partial charge in [-0.2, -0.15) is 5.06 Å². The maximum atomic E-state index is 13.9. The molecule has 2 aromatic heterocycles. The lowest BCUT2D eigenvalue weighted by atomic mass is 9.84. The van der Waals surface area contributed by atoms with Gasteiger partial charge in [-0.05, 0) is 35.8 Å². The fourth-order valence-corrected chi connectivity index (χ4v) is 5.70. The number of carbonyl (C=O) groups excluding carboxylic acids is 3. The minimum Gasteiger partial charge on any atom is -0.392 e. The number of aromatic nitrogens is 4. The largest absolute Gasteiger partial charge is 0.392 e. The van der Waals surface area contributed by atoms with Crippen LogP contribution in [0.25, 0.3) is 10.4 Å². The molecule has 0 saturated carbocycles. The predicted octanol–water partition coefficient (Wildman–Crippen LogP) is 3.08. The molecule has 2 atom stereocenters. The Labute approximate surface area is 281 Å². The number of nitrogens with one attached hydrogen (secondary N) is 2. The van der Waals surface area contributed by atoms with Gasteiger partial charge in [-0.1, -0.05) is 64.1 Å². The summed E-state index contributed by atoms with van der Waals surface area (Å²) in [5.74, 6) is -1.13. The lowest BCUT2D eigenvalue weighted by molar-refractivity contribution is -0.172. The highest BCUT2D eigenvalue weighted by Gasteiger charge is 2.37. The molecule has 0 aliphatic rings. The highest BCUT2D eigenvalue weighted by molar-refractivity contribution is 7.13. The Hall–Kier alpha value is -3.72.